The van der Waals surface area contributed by atoms with Crippen molar-refractivity contribution in [2.24, 2.45) is 5.92 Å². The molecule has 0 radical (unpaired) electrons. The Balaban J connectivity index is 4.25. The molecule has 72 valence electrons. The van der Waals surface area contributed by atoms with Crippen LogP contribution in [0.2, 0.25) is 0 Å². The maximum Gasteiger partial charge on any atom is 0.333 e. The monoisotopic (exact) mass is 174 g/mol. The fourth-order valence-electron chi connectivity index (χ4n) is 0.853. The van der Waals surface area contributed by atoms with E-state index >= 15 is 0 Å². The number of carboxylic acids is 1. The molecular formula is C9H18O3. The number of rotatable bonds is 3. The van der Waals surface area contributed by atoms with Gasteiger partial charge in [0.15, 0.2) is 6.10 Å². The maximum absolute atomic E-state index is 10.7. The molecule has 0 unspecified atom stereocenters. The number of hydrogen-bond acceptors (Lipinski definition) is 2. The van der Waals surface area contributed by atoms with Gasteiger partial charge in [-0.3, -0.25) is 0 Å². The summed E-state index contributed by atoms with van der Waals surface area (Å²) in [6.45, 7) is 9.23. The third kappa shape index (κ3) is 4.34. The zero-order valence-electron chi connectivity index (χ0n) is 8.42. The Morgan fingerprint density at radius 3 is 1.83 bits per heavy atom. The smallest absolute Gasteiger partial charge is 0.333 e. The lowest BCUT2D eigenvalue weighted by molar-refractivity contribution is -0.164. The van der Waals surface area contributed by atoms with Crippen LogP contribution in [0.25, 0.3) is 0 Å². The van der Waals surface area contributed by atoms with Crippen molar-refractivity contribution in [1.29, 1.82) is 0 Å². The van der Waals surface area contributed by atoms with Crippen molar-refractivity contribution in [3.63, 3.8) is 0 Å². The minimum absolute atomic E-state index is 0.00160. The molecule has 3 nitrogen and oxygen atoms in total. The molecular weight excluding hydrogens is 156 g/mol. The zero-order chi connectivity index (χ0) is 9.94. The van der Waals surface area contributed by atoms with Crippen molar-refractivity contribution in [3.05, 3.63) is 0 Å². The number of carbonyl (C=O) groups is 1. The Labute approximate surface area is 73.7 Å². The van der Waals surface area contributed by atoms with Gasteiger partial charge in [-0.25, -0.2) is 4.79 Å². The van der Waals surface area contributed by atoms with Gasteiger partial charge in [0, 0.05) is 0 Å². The Bertz CT molecular complexity index is 156. The Morgan fingerprint density at radius 1 is 1.33 bits per heavy atom. The molecule has 0 saturated carbocycles. The van der Waals surface area contributed by atoms with E-state index in [0.29, 0.717) is 0 Å². The van der Waals surface area contributed by atoms with Crippen LogP contribution in [0.15, 0.2) is 0 Å². The van der Waals surface area contributed by atoms with E-state index in [1.165, 1.54) is 0 Å². The lowest BCUT2D eigenvalue weighted by atomic mass is 10.1. The van der Waals surface area contributed by atoms with Gasteiger partial charge in [-0.05, 0) is 26.7 Å². The number of hydrogen-bond donors (Lipinski definition) is 1. The average Bonchev–Trinajstić information content (AvgIpc) is 1.79. The van der Waals surface area contributed by atoms with Crippen LogP contribution in [0.1, 0.15) is 34.6 Å². The summed E-state index contributed by atoms with van der Waals surface area (Å²) < 4.78 is 5.36. The van der Waals surface area contributed by atoms with Crippen LogP contribution in [0.5, 0.6) is 0 Å². The quantitative estimate of drug-likeness (QED) is 0.711. The summed E-state index contributed by atoms with van der Waals surface area (Å²) in [4.78, 5) is 10.7. The van der Waals surface area contributed by atoms with Gasteiger partial charge < -0.3 is 9.84 Å². The summed E-state index contributed by atoms with van der Waals surface area (Å²) >= 11 is 0. The predicted molar refractivity (Wildman–Crippen MR) is 47.1 cm³/mol. The number of aliphatic carboxylic acids is 1. The first-order valence-electron chi connectivity index (χ1n) is 4.14. The van der Waals surface area contributed by atoms with Gasteiger partial charge in [0.05, 0.1) is 5.60 Å². The molecule has 0 aliphatic heterocycles. The normalized spacial score (nSPS) is 14.8. The summed E-state index contributed by atoms with van der Waals surface area (Å²) in [6.07, 6.45) is -0.704. The highest BCUT2D eigenvalue weighted by Crippen LogP contribution is 2.16. The van der Waals surface area contributed by atoms with E-state index in [2.05, 4.69) is 0 Å². The van der Waals surface area contributed by atoms with Crippen molar-refractivity contribution in [2.45, 2.75) is 46.3 Å². The molecule has 12 heavy (non-hydrogen) atoms. The second-order valence-corrected chi connectivity index (χ2v) is 4.23. The van der Waals surface area contributed by atoms with Gasteiger partial charge in [0.1, 0.15) is 0 Å². The van der Waals surface area contributed by atoms with Crippen molar-refractivity contribution >= 4 is 5.97 Å². The molecule has 0 aliphatic carbocycles. The molecule has 0 saturated heterocycles. The van der Waals surface area contributed by atoms with Gasteiger partial charge in [0.2, 0.25) is 0 Å². The van der Waals surface area contributed by atoms with E-state index in [-0.39, 0.29) is 5.92 Å². The van der Waals surface area contributed by atoms with Crippen molar-refractivity contribution < 1.29 is 14.6 Å². The predicted octanol–water partition coefficient (Wildman–Crippen LogP) is 1.91. The first-order chi connectivity index (χ1) is 5.24. The van der Waals surface area contributed by atoms with Gasteiger partial charge in [-0.15, -0.1) is 0 Å². The van der Waals surface area contributed by atoms with Gasteiger partial charge in [0.25, 0.3) is 0 Å². The summed E-state index contributed by atoms with van der Waals surface area (Å²) in [6, 6.07) is 0. The van der Waals surface area contributed by atoms with Crippen LogP contribution in [-0.2, 0) is 9.53 Å². The van der Waals surface area contributed by atoms with Gasteiger partial charge in [-0.2, -0.15) is 0 Å². The highest BCUT2D eigenvalue weighted by atomic mass is 16.5. The van der Waals surface area contributed by atoms with E-state index in [4.69, 9.17) is 9.84 Å². The molecule has 0 aromatic carbocycles. The van der Waals surface area contributed by atoms with Crippen molar-refractivity contribution in [2.75, 3.05) is 0 Å². The third-order valence-electron chi connectivity index (χ3n) is 1.33. The number of ether oxygens (including phenoxy) is 1. The van der Waals surface area contributed by atoms with Crippen LogP contribution in [0.4, 0.5) is 0 Å². The molecule has 3 heteroatoms. The minimum Gasteiger partial charge on any atom is -0.479 e. The summed E-state index contributed by atoms with van der Waals surface area (Å²) in [5.41, 5.74) is -0.396. The summed E-state index contributed by atoms with van der Waals surface area (Å²) in [5, 5.41) is 8.78. The molecule has 0 amide bonds. The molecule has 0 aromatic rings. The molecule has 0 heterocycles. The fourth-order valence-corrected chi connectivity index (χ4v) is 0.853. The van der Waals surface area contributed by atoms with E-state index in [1.807, 2.05) is 34.6 Å². The van der Waals surface area contributed by atoms with Crippen molar-refractivity contribution in [1.82, 2.24) is 0 Å². The zero-order valence-corrected chi connectivity index (χ0v) is 8.42. The van der Waals surface area contributed by atoms with Crippen LogP contribution < -0.4 is 0 Å². The van der Waals surface area contributed by atoms with E-state index in [1.54, 1.807) is 0 Å². The van der Waals surface area contributed by atoms with Crippen LogP contribution in [0, 0.1) is 5.92 Å². The van der Waals surface area contributed by atoms with Gasteiger partial charge in [-0.1, -0.05) is 13.8 Å². The Morgan fingerprint density at radius 2 is 1.75 bits per heavy atom. The molecule has 0 rings (SSSR count). The maximum atomic E-state index is 10.7. The highest BCUT2D eigenvalue weighted by Gasteiger charge is 2.27. The Hall–Kier alpha value is -0.570. The third-order valence-corrected chi connectivity index (χ3v) is 1.33. The Kier molecular flexibility index (Phi) is 3.71. The highest BCUT2D eigenvalue weighted by molar-refractivity contribution is 5.72. The molecule has 1 N–H and O–H groups in total. The van der Waals surface area contributed by atoms with Gasteiger partial charge >= 0.3 is 5.97 Å². The minimum atomic E-state index is -0.889. The SMILES string of the molecule is CC(C)[C@@H](OC(C)(C)C)C(=O)O. The van der Waals surface area contributed by atoms with Crippen LogP contribution in [0.3, 0.4) is 0 Å². The fraction of sp³-hybridized carbons (Fsp3) is 0.889. The molecule has 0 aromatic heterocycles. The molecule has 1 atom stereocenters. The molecule has 0 bridgehead atoms. The summed E-state index contributed by atoms with van der Waals surface area (Å²) in [5.74, 6) is -0.887. The summed E-state index contributed by atoms with van der Waals surface area (Å²) in [7, 11) is 0. The molecule has 0 fully saturated rings. The number of carboxylic acid groups (broad SMARTS) is 1. The second-order valence-electron chi connectivity index (χ2n) is 4.23. The largest absolute Gasteiger partial charge is 0.479 e. The molecule has 0 spiro atoms. The lowest BCUT2D eigenvalue weighted by Crippen LogP contribution is -2.36. The lowest BCUT2D eigenvalue weighted by Gasteiger charge is -2.27. The second kappa shape index (κ2) is 3.90. The van der Waals surface area contributed by atoms with Crippen LogP contribution in [-0.4, -0.2) is 22.8 Å². The standard InChI is InChI=1S/C9H18O3/c1-6(2)7(8(10)11)12-9(3,4)5/h6-7H,1-5H3,(H,10,11)/t7-/m1/s1. The van der Waals surface area contributed by atoms with E-state index in [0.717, 1.165) is 0 Å². The first-order valence-corrected chi connectivity index (χ1v) is 4.14. The van der Waals surface area contributed by atoms with Crippen molar-refractivity contribution in [3.8, 4) is 0 Å². The van der Waals surface area contributed by atoms with E-state index in [9.17, 15) is 4.79 Å². The first kappa shape index (κ1) is 11.4. The van der Waals surface area contributed by atoms with Crippen LogP contribution >= 0.6 is 0 Å². The topological polar surface area (TPSA) is 46.5 Å². The molecule has 0 aliphatic rings. The van der Waals surface area contributed by atoms with E-state index < -0.39 is 17.7 Å². The average molecular weight is 174 g/mol.